The summed E-state index contributed by atoms with van der Waals surface area (Å²) in [5, 5.41) is 8.21. The molecule has 1 aliphatic heterocycles. The Bertz CT molecular complexity index is 437. The zero-order chi connectivity index (χ0) is 14.7. The predicted octanol–water partition coefficient (Wildman–Crippen LogP) is 1.41. The molecule has 1 aliphatic rings. The number of aryl methyl sites for hydroxylation is 2. The Balaban J connectivity index is 1.91. The van der Waals surface area contributed by atoms with Crippen LogP contribution >= 0.6 is 0 Å². The summed E-state index contributed by atoms with van der Waals surface area (Å²) >= 11 is 0. The second-order valence-corrected chi connectivity index (χ2v) is 5.91. The number of nitrogens with zero attached hydrogens (tertiary/aromatic N) is 3. The van der Waals surface area contributed by atoms with E-state index in [4.69, 9.17) is 4.74 Å². The highest BCUT2D eigenvalue weighted by molar-refractivity contribution is 5.27. The number of hydrogen-bond donors (Lipinski definition) is 1. The number of rotatable bonds is 5. The summed E-state index contributed by atoms with van der Waals surface area (Å²) in [7, 11) is 2.01. The summed E-state index contributed by atoms with van der Waals surface area (Å²) < 4.78 is 7.36. The third-order valence-electron chi connectivity index (χ3n) is 4.17. The minimum Gasteiger partial charge on any atom is -0.379 e. The van der Waals surface area contributed by atoms with Gasteiger partial charge in [-0.3, -0.25) is 9.58 Å². The molecule has 0 aliphatic carbocycles. The van der Waals surface area contributed by atoms with Gasteiger partial charge in [-0.05, 0) is 27.7 Å². The largest absolute Gasteiger partial charge is 0.379 e. The number of hydrogen-bond acceptors (Lipinski definition) is 4. The molecule has 114 valence electrons. The van der Waals surface area contributed by atoms with Gasteiger partial charge in [0.15, 0.2) is 0 Å². The average Bonchev–Trinajstić information content (AvgIpc) is 2.64. The monoisotopic (exact) mass is 280 g/mol. The lowest BCUT2D eigenvalue weighted by molar-refractivity contribution is 0.0339. The van der Waals surface area contributed by atoms with Crippen molar-refractivity contribution in [3.63, 3.8) is 0 Å². The molecule has 2 heterocycles. The van der Waals surface area contributed by atoms with Crippen LogP contribution in [0.3, 0.4) is 0 Å². The summed E-state index contributed by atoms with van der Waals surface area (Å²) in [6, 6.07) is 0.793. The lowest BCUT2D eigenvalue weighted by Crippen LogP contribution is -2.45. The Morgan fingerprint density at radius 3 is 2.45 bits per heavy atom. The molecule has 5 heteroatoms. The highest BCUT2D eigenvalue weighted by atomic mass is 16.5. The highest BCUT2D eigenvalue weighted by Gasteiger charge is 2.19. The van der Waals surface area contributed by atoms with E-state index in [2.05, 4.69) is 43.0 Å². The fourth-order valence-corrected chi connectivity index (χ4v) is 3.15. The molecule has 1 aromatic heterocycles. The fourth-order valence-electron chi connectivity index (χ4n) is 3.15. The van der Waals surface area contributed by atoms with Crippen molar-refractivity contribution in [1.29, 1.82) is 0 Å². The molecular formula is C15H28N4O. The van der Waals surface area contributed by atoms with Crippen molar-refractivity contribution in [3.05, 3.63) is 17.0 Å². The maximum absolute atomic E-state index is 5.39. The van der Waals surface area contributed by atoms with Crippen LogP contribution in [-0.4, -0.2) is 53.6 Å². The van der Waals surface area contributed by atoms with E-state index in [1.54, 1.807) is 0 Å². The predicted molar refractivity (Wildman–Crippen MR) is 81.0 cm³/mol. The molecule has 2 unspecified atom stereocenters. The summed E-state index contributed by atoms with van der Waals surface area (Å²) in [4.78, 5) is 2.47. The molecule has 1 fully saturated rings. The number of morpholine rings is 1. The molecular weight excluding hydrogens is 252 g/mol. The minimum atomic E-state index is 0.333. The van der Waals surface area contributed by atoms with Crippen molar-refractivity contribution in [2.45, 2.75) is 39.8 Å². The van der Waals surface area contributed by atoms with Crippen molar-refractivity contribution >= 4 is 0 Å². The van der Waals surface area contributed by atoms with Gasteiger partial charge in [0.25, 0.3) is 0 Å². The Morgan fingerprint density at radius 1 is 1.25 bits per heavy atom. The van der Waals surface area contributed by atoms with E-state index in [0.29, 0.717) is 12.1 Å². The standard InChI is InChI=1S/C15H28N4O/c1-11(10-19-6-8-20-9-7-19)16-12(2)15-13(3)17-18(5)14(15)4/h11-12,16H,6-10H2,1-5H3. The Morgan fingerprint density at radius 2 is 1.90 bits per heavy atom. The second-order valence-electron chi connectivity index (χ2n) is 5.91. The first-order valence-electron chi connectivity index (χ1n) is 7.55. The van der Waals surface area contributed by atoms with Gasteiger partial charge in [0, 0.05) is 50.0 Å². The average molecular weight is 280 g/mol. The van der Waals surface area contributed by atoms with Crippen LogP contribution in [0.4, 0.5) is 0 Å². The zero-order valence-electron chi connectivity index (χ0n) is 13.4. The minimum absolute atomic E-state index is 0.333. The maximum atomic E-state index is 5.39. The van der Waals surface area contributed by atoms with Crippen molar-refractivity contribution < 1.29 is 4.74 Å². The van der Waals surface area contributed by atoms with Gasteiger partial charge in [0.1, 0.15) is 0 Å². The van der Waals surface area contributed by atoms with Gasteiger partial charge in [-0.2, -0.15) is 5.10 Å². The van der Waals surface area contributed by atoms with Crippen LogP contribution < -0.4 is 5.32 Å². The molecule has 20 heavy (non-hydrogen) atoms. The van der Waals surface area contributed by atoms with Crippen LogP contribution in [0.5, 0.6) is 0 Å². The topological polar surface area (TPSA) is 42.3 Å². The maximum Gasteiger partial charge on any atom is 0.0644 e. The Labute approximate surface area is 122 Å². The number of ether oxygens (including phenoxy) is 1. The zero-order valence-corrected chi connectivity index (χ0v) is 13.4. The molecule has 0 spiro atoms. The normalized spacial score (nSPS) is 20.1. The van der Waals surface area contributed by atoms with Crippen LogP contribution in [0, 0.1) is 13.8 Å². The molecule has 0 saturated carbocycles. The molecule has 1 aromatic rings. The van der Waals surface area contributed by atoms with Crippen LogP contribution in [-0.2, 0) is 11.8 Å². The van der Waals surface area contributed by atoms with Crippen molar-refractivity contribution in [3.8, 4) is 0 Å². The van der Waals surface area contributed by atoms with Gasteiger partial charge >= 0.3 is 0 Å². The summed E-state index contributed by atoms with van der Waals surface area (Å²) in [5.41, 5.74) is 3.71. The van der Waals surface area contributed by atoms with E-state index in [-0.39, 0.29) is 0 Å². The van der Waals surface area contributed by atoms with Crippen LogP contribution in [0.2, 0.25) is 0 Å². The summed E-state index contributed by atoms with van der Waals surface area (Å²) in [5.74, 6) is 0. The molecule has 1 saturated heterocycles. The first-order chi connectivity index (χ1) is 9.49. The molecule has 1 N–H and O–H groups in total. The SMILES string of the molecule is Cc1nn(C)c(C)c1C(C)NC(C)CN1CCOCC1. The lowest BCUT2D eigenvalue weighted by Gasteiger charge is -2.30. The van der Waals surface area contributed by atoms with Crippen molar-refractivity contribution in [1.82, 2.24) is 20.0 Å². The van der Waals surface area contributed by atoms with E-state index in [1.807, 2.05) is 11.7 Å². The van der Waals surface area contributed by atoms with Gasteiger partial charge in [-0.1, -0.05) is 0 Å². The molecule has 2 rings (SSSR count). The third kappa shape index (κ3) is 3.59. The first-order valence-corrected chi connectivity index (χ1v) is 7.55. The van der Waals surface area contributed by atoms with E-state index in [0.717, 1.165) is 38.5 Å². The number of aromatic nitrogens is 2. The fraction of sp³-hybridized carbons (Fsp3) is 0.800. The quantitative estimate of drug-likeness (QED) is 0.885. The third-order valence-corrected chi connectivity index (χ3v) is 4.17. The van der Waals surface area contributed by atoms with E-state index < -0.39 is 0 Å². The Hall–Kier alpha value is -0.910. The molecule has 0 radical (unpaired) electrons. The van der Waals surface area contributed by atoms with E-state index in [1.165, 1.54) is 11.3 Å². The smallest absolute Gasteiger partial charge is 0.0644 e. The number of nitrogens with one attached hydrogen (secondary N) is 1. The first kappa shape index (κ1) is 15.5. The van der Waals surface area contributed by atoms with Gasteiger partial charge in [0.05, 0.1) is 18.9 Å². The lowest BCUT2D eigenvalue weighted by atomic mass is 10.1. The Kier molecular flexibility index (Phi) is 5.18. The molecule has 2 atom stereocenters. The summed E-state index contributed by atoms with van der Waals surface area (Å²) in [6.45, 7) is 13.6. The van der Waals surface area contributed by atoms with Crippen LogP contribution in [0.1, 0.15) is 36.8 Å². The van der Waals surface area contributed by atoms with Gasteiger partial charge in [-0.15, -0.1) is 0 Å². The van der Waals surface area contributed by atoms with Crippen molar-refractivity contribution in [2.75, 3.05) is 32.8 Å². The molecule has 0 amide bonds. The van der Waals surface area contributed by atoms with Crippen LogP contribution in [0.15, 0.2) is 0 Å². The molecule has 0 aromatic carbocycles. The van der Waals surface area contributed by atoms with Gasteiger partial charge in [0.2, 0.25) is 0 Å². The van der Waals surface area contributed by atoms with Gasteiger partial charge < -0.3 is 10.1 Å². The van der Waals surface area contributed by atoms with Gasteiger partial charge in [-0.25, -0.2) is 0 Å². The van der Waals surface area contributed by atoms with Crippen LogP contribution in [0.25, 0.3) is 0 Å². The molecule has 0 bridgehead atoms. The second kappa shape index (κ2) is 6.70. The highest BCUT2D eigenvalue weighted by Crippen LogP contribution is 2.21. The summed E-state index contributed by atoms with van der Waals surface area (Å²) in [6.07, 6.45) is 0. The van der Waals surface area contributed by atoms with E-state index >= 15 is 0 Å². The van der Waals surface area contributed by atoms with E-state index in [9.17, 15) is 0 Å². The van der Waals surface area contributed by atoms with Crippen molar-refractivity contribution in [2.24, 2.45) is 7.05 Å². The molecule has 5 nitrogen and oxygen atoms in total.